The first-order chi connectivity index (χ1) is 6.29. The number of nitrogens with one attached hydrogen (secondary N) is 2. The molecule has 2 nitrogen and oxygen atoms in total. The molecule has 0 spiro atoms. The van der Waals surface area contributed by atoms with Crippen molar-refractivity contribution < 1.29 is 8.78 Å². The van der Waals surface area contributed by atoms with Crippen LogP contribution in [0.2, 0.25) is 0 Å². The second kappa shape index (κ2) is 6.27. The van der Waals surface area contributed by atoms with Crippen molar-refractivity contribution in [3.05, 3.63) is 0 Å². The fourth-order valence-corrected chi connectivity index (χ4v) is 1.71. The van der Waals surface area contributed by atoms with Crippen molar-refractivity contribution in [2.24, 2.45) is 0 Å². The normalized spacial score (nSPS) is 18.7. The topological polar surface area (TPSA) is 24.1 Å². The number of hydrogen-bond donors (Lipinski definition) is 2. The van der Waals surface area contributed by atoms with Gasteiger partial charge in [-0.3, -0.25) is 0 Å². The molecule has 0 amide bonds. The molecule has 0 aliphatic heterocycles. The Morgan fingerprint density at radius 3 is 2.46 bits per heavy atom. The third-order valence-electron chi connectivity index (χ3n) is 2.39. The monoisotopic (exact) mass is 192 g/mol. The minimum absolute atomic E-state index is 0.188. The first-order valence-corrected chi connectivity index (χ1v) is 5.01. The summed E-state index contributed by atoms with van der Waals surface area (Å²) in [5, 5.41) is 6.04. The quantitative estimate of drug-likeness (QED) is 0.621. The zero-order valence-corrected chi connectivity index (χ0v) is 7.86. The molecule has 1 rings (SSSR count). The van der Waals surface area contributed by atoms with Gasteiger partial charge in [0, 0.05) is 19.1 Å². The lowest BCUT2D eigenvalue weighted by Crippen LogP contribution is -2.34. The van der Waals surface area contributed by atoms with E-state index in [1.165, 1.54) is 25.7 Å². The van der Waals surface area contributed by atoms with E-state index in [4.69, 9.17) is 0 Å². The Kier molecular flexibility index (Phi) is 5.23. The van der Waals surface area contributed by atoms with Crippen molar-refractivity contribution in [2.75, 3.05) is 19.6 Å². The van der Waals surface area contributed by atoms with Crippen LogP contribution in [0.15, 0.2) is 0 Å². The summed E-state index contributed by atoms with van der Waals surface area (Å²) in [7, 11) is 0. The van der Waals surface area contributed by atoms with Crippen LogP contribution >= 0.6 is 0 Å². The summed E-state index contributed by atoms with van der Waals surface area (Å²) in [5.74, 6) is 0. The van der Waals surface area contributed by atoms with Crippen molar-refractivity contribution in [1.82, 2.24) is 10.6 Å². The number of alkyl halides is 2. The molecule has 0 saturated heterocycles. The SMILES string of the molecule is FC(F)CNCCNC1CCCC1. The van der Waals surface area contributed by atoms with E-state index in [-0.39, 0.29) is 6.54 Å². The molecule has 4 heteroatoms. The third-order valence-corrected chi connectivity index (χ3v) is 2.39. The molecule has 1 aliphatic carbocycles. The highest BCUT2D eigenvalue weighted by Crippen LogP contribution is 2.16. The van der Waals surface area contributed by atoms with Gasteiger partial charge in [-0.05, 0) is 12.8 Å². The van der Waals surface area contributed by atoms with Crippen molar-refractivity contribution in [3.8, 4) is 0 Å². The Labute approximate surface area is 78.1 Å². The fraction of sp³-hybridized carbons (Fsp3) is 1.00. The Morgan fingerprint density at radius 1 is 1.15 bits per heavy atom. The summed E-state index contributed by atoms with van der Waals surface area (Å²) in [5.41, 5.74) is 0. The fourth-order valence-electron chi connectivity index (χ4n) is 1.71. The minimum Gasteiger partial charge on any atom is -0.313 e. The summed E-state index contributed by atoms with van der Waals surface area (Å²) in [6.07, 6.45) is 2.88. The highest BCUT2D eigenvalue weighted by Gasteiger charge is 2.13. The van der Waals surface area contributed by atoms with Gasteiger partial charge in [0.2, 0.25) is 0 Å². The number of halogens is 2. The molecule has 13 heavy (non-hydrogen) atoms. The molecule has 0 aromatic rings. The molecule has 1 aliphatic rings. The Balaban J connectivity index is 1.83. The van der Waals surface area contributed by atoms with E-state index in [1.54, 1.807) is 0 Å². The predicted molar refractivity (Wildman–Crippen MR) is 49.1 cm³/mol. The Morgan fingerprint density at radius 2 is 1.85 bits per heavy atom. The lowest BCUT2D eigenvalue weighted by atomic mass is 10.2. The first-order valence-electron chi connectivity index (χ1n) is 5.01. The molecule has 1 fully saturated rings. The summed E-state index contributed by atoms with van der Waals surface area (Å²) in [6, 6.07) is 0.633. The number of hydrogen-bond acceptors (Lipinski definition) is 2. The second-order valence-electron chi connectivity index (χ2n) is 3.53. The maximum atomic E-state index is 11.7. The Bertz CT molecular complexity index is 125. The van der Waals surface area contributed by atoms with Gasteiger partial charge in [0.05, 0.1) is 6.54 Å². The van der Waals surface area contributed by atoms with Crippen LogP contribution in [0.4, 0.5) is 8.78 Å². The standard InChI is InChI=1S/C9H18F2N2/c10-9(11)7-12-5-6-13-8-3-1-2-4-8/h8-9,12-13H,1-7H2. The molecule has 0 atom stereocenters. The highest BCUT2D eigenvalue weighted by atomic mass is 19.3. The molecule has 0 radical (unpaired) electrons. The van der Waals surface area contributed by atoms with Gasteiger partial charge < -0.3 is 10.6 Å². The maximum absolute atomic E-state index is 11.7. The molecule has 0 heterocycles. The summed E-state index contributed by atoms with van der Waals surface area (Å²) in [4.78, 5) is 0. The second-order valence-corrected chi connectivity index (χ2v) is 3.53. The van der Waals surface area contributed by atoms with Crippen LogP contribution in [0.25, 0.3) is 0 Å². The molecule has 0 bridgehead atoms. The smallest absolute Gasteiger partial charge is 0.250 e. The zero-order valence-electron chi connectivity index (χ0n) is 7.86. The van der Waals surface area contributed by atoms with Crippen molar-refractivity contribution in [3.63, 3.8) is 0 Å². The first kappa shape index (κ1) is 10.9. The van der Waals surface area contributed by atoms with Gasteiger partial charge in [-0.2, -0.15) is 0 Å². The molecule has 2 N–H and O–H groups in total. The van der Waals surface area contributed by atoms with Crippen LogP contribution in [0.3, 0.4) is 0 Å². The van der Waals surface area contributed by atoms with Gasteiger partial charge >= 0.3 is 0 Å². The molecular formula is C9H18F2N2. The molecule has 78 valence electrons. The number of rotatable bonds is 6. The largest absolute Gasteiger partial charge is 0.313 e. The van der Waals surface area contributed by atoms with Crippen LogP contribution < -0.4 is 10.6 Å². The molecule has 0 unspecified atom stereocenters. The van der Waals surface area contributed by atoms with E-state index in [2.05, 4.69) is 10.6 Å². The maximum Gasteiger partial charge on any atom is 0.250 e. The molecule has 0 aromatic heterocycles. The molecular weight excluding hydrogens is 174 g/mol. The van der Waals surface area contributed by atoms with E-state index in [0.717, 1.165) is 6.54 Å². The minimum atomic E-state index is -2.23. The van der Waals surface area contributed by atoms with E-state index in [0.29, 0.717) is 12.6 Å². The van der Waals surface area contributed by atoms with Gasteiger partial charge in [-0.25, -0.2) is 8.78 Å². The average Bonchev–Trinajstić information content (AvgIpc) is 2.55. The van der Waals surface area contributed by atoms with E-state index in [1.807, 2.05) is 0 Å². The van der Waals surface area contributed by atoms with Gasteiger partial charge in [-0.15, -0.1) is 0 Å². The van der Waals surface area contributed by atoms with Crippen molar-refractivity contribution >= 4 is 0 Å². The summed E-state index contributed by atoms with van der Waals surface area (Å²) < 4.78 is 23.4. The zero-order chi connectivity index (χ0) is 9.52. The van der Waals surface area contributed by atoms with Crippen LogP contribution in [-0.2, 0) is 0 Å². The van der Waals surface area contributed by atoms with Crippen LogP contribution in [-0.4, -0.2) is 32.1 Å². The molecule has 1 saturated carbocycles. The lowest BCUT2D eigenvalue weighted by molar-refractivity contribution is 0.146. The van der Waals surface area contributed by atoms with Crippen LogP contribution in [0.1, 0.15) is 25.7 Å². The molecule has 0 aromatic carbocycles. The summed E-state index contributed by atoms with van der Waals surface area (Å²) in [6.45, 7) is 1.25. The van der Waals surface area contributed by atoms with Gasteiger partial charge in [0.25, 0.3) is 6.43 Å². The highest BCUT2D eigenvalue weighted by molar-refractivity contribution is 4.73. The van der Waals surface area contributed by atoms with Gasteiger partial charge in [0.15, 0.2) is 0 Å². The van der Waals surface area contributed by atoms with E-state index >= 15 is 0 Å². The lowest BCUT2D eigenvalue weighted by Gasteiger charge is -2.11. The van der Waals surface area contributed by atoms with Crippen LogP contribution in [0.5, 0.6) is 0 Å². The van der Waals surface area contributed by atoms with E-state index in [9.17, 15) is 8.78 Å². The van der Waals surface area contributed by atoms with E-state index < -0.39 is 6.43 Å². The van der Waals surface area contributed by atoms with Gasteiger partial charge in [0.1, 0.15) is 0 Å². The third kappa shape index (κ3) is 5.16. The van der Waals surface area contributed by atoms with Crippen LogP contribution in [0, 0.1) is 0 Å². The average molecular weight is 192 g/mol. The van der Waals surface area contributed by atoms with Crippen molar-refractivity contribution in [2.45, 2.75) is 38.2 Å². The predicted octanol–water partition coefficient (Wildman–Crippen LogP) is 1.37. The summed E-state index contributed by atoms with van der Waals surface area (Å²) >= 11 is 0. The Hall–Kier alpha value is -0.220. The van der Waals surface area contributed by atoms with Crippen molar-refractivity contribution in [1.29, 1.82) is 0 Å². The van der Waals surface area contributed by atoms with Gasteiger partial charge in [-0.1, -0.05) is 12.8 Å².